The fraction of sp³-hybridized carbons (Fsp3) is 0.364. The van der Waals surface area contributed by atoms with Crippen molar-refractivity contribution in [3.05, 3.63) is 28.8 Å². The van der Waals surface area contributed by atoms with Gasteiger partial charge in [-0.2, -0.15) is 0 Å². The Bertz CT molecular complexity index is 406. The van der Waals surface area contributed by atoms with E-state index in [9.17, 15) is 4.79 Å². The van der Waals surface area contributed by atoms with Gasteiger partial charge in [0.05, 0.1) is 12.7 Å². The number of carboxylic acid groups (broad SMARTS) is 1. The van der Waals surface area contributed by atoms with Crippen LogP contribution in [0.5, 0.6) is 5.75 Å². The number of hydrogen-bond acceptors (Lipinski definition) is 3. The molecule has 0 fully saturated rings. The average Bonchev–Trinajstić information content (AvgIpc) is 2.27. The van der Waals surface area contributed by atoms with E-state index in [2.05, 4.69) is 5.32 Å². The van der Waals surface area contributed by atoms with E-state index in [0.717, 1.165) is 29.8 Å². The number of methoxy groups -OCH3 is 1. The minimum absolute atomic E-state index is 0. The monoisotopic (exact) mass is 243 g/mol. The largest absolute Gasteiger partial charge is 0.496 e. The topological polar surface area (TPSA) is 58.6 Å². The molecule has 0 bridgehead atoms. The number of aromatic carboxylic acids is 1. The molecule has 0 amide bonds. The summed E-state index contributed by atoms with van der Waals surface area (Å²) in [6, 6.07) is 3.33. The fourth-order valence-electron chi connectivity index (χ4n) is 1.97. The fourth-order valence-corrected chi connectivity index (χ4v) is 1.97. The van der Waals surface area contributed by atoms with E-state index >= 15 is 0 Å². The number of carboxylic acids is 1. The minimum atomic E-state index is -0.865. The van der Waals surface area contributed by atoms with E-state index in [4.69, 9.17) is 9.84 Å². The van der Waals surface area contributed by atoms with Crippen LogP contribution in [0.3, 0.4) is 0 Å². The van der Waals surface area contributed by atoms with E-state index in [1.54, 1.807) is 19.2 Å². The highest BCUT2D eigenvalue weighted by Crippen LogP contribution is 2.27. The molecule has 0 saturated heterocycles. The molecule has 1 aromatic rings. The Morgan fingerprint density at radius 3 is 2.81 bits per heavy atom. The molecule has 88 valence electrons. The zero-order chi connectivity index (χ0) is 10.8. The third-order valence-corrected chi connectivity index (χ3v) is 2.69. The molecule has 0 unspecified atom stereocenters. The van der Waals surface area contributed by atoms with E-state index < -0.39 is 5.97 Å². The van der Waals surface area contributed by atoms with Crippen LogP contribution in [-0.2, 0) is 13.0 Å². The van der Waals surface area contributed by atoms with Crippen LogP contribution in [0.1, 0.15) is 21.5 Å². The van der Waals surface area contributed by atoms with Crippen molar-refractivity contribution < 1.29 is 14.6 Å². The number of carbonyl (C=O) groups is 1. The molecule has 0 aromatic heterocycles. The van der Waals surface area contributed by atoms with Crippen LogP contribution in [0.4, 0.5) is 0 Å². The molecule has 0 radical (unpaired) electrons. The molecule has 0 aliphatic carbocycles. The second-order valence-electron chi connectivity index (χ2n) is 3.50. The maximum Gasteiger partial charge on any atom is 0.335 e. The Morgan fingerprint density at radius 2 is 2.19 bits per heavy atom. The van der Waals surface area contributed by atoms with Crippen LogP contribution >= 0.6 is 12.4 Å². The van der Waals surface area contributed by atoms with Gasteiger partial charge in [0.15, 0.2) is 0 Å². The molecule has 0 saturated carbocycles. The molecule has 2 N–H and O–H groups in total. The molecule has 1 heterocycles. The minimum Gasteiger partial charge on any atom is -0.496 e. The summed E-state index contributed by atoms with van der Waals surface area (Å²) in [5.41, 5.74) is 2.27. The van der Waals surface area contributed by atoms with Gasteiger partial charge < -0.3 is 15.2 Å². The third-order valence-electron chi connectivity index (χ3n) is 2.69. The summed E-state index contributed by atoms with van der Waals surface area (Å²) in [5.74, 6) is -0.0991. The zero-order valence-corrected chi connectivity index (χ0v) is 9.76. The molecule has 0 atom stereocenters. The molecule has 16 heavy (non-hydrogen) atoms. The van der Waals surface area contributed by atoms with Crippen molar-refractivity contribution in [3.8, 4) is 5.75 Å². The van der Waals surface area contributed by atoms with Gasteiger partial charge in [0.1, 0.15) is 5.75 Å². The van der Waals surface area contributed by atoms with Crippen LogP contribution in [-0.4, -0.2) is 24.7 Å². The number of fused-ring (bicyclic) bond motifs is 1. The van der Waals surface area contributed by atoms with Crippen LogP contribution in [0.2, 0.25) is 0 Å². The molecule has 5 heteroatoms. The molecule has 1 aromatic carbocycles. The highest BCUT2D eigenvalue weighted by molar-refractivity contribution is 5.90. The van der Waals surface area contributed by atoms with Crippen molar-refractivity contribution in [1.82, 2.24) is 5.32 Å². The lowest BCUT2D eigenvalue weighted by atomic mass is 9.94. The SMILES string of the molecule is COc1ccc(C(=O)O)c2c1CNCC2.Cl. The molecule has 2 rings (SSSR count). The van der Waals surface area contributed by atoms with Gasteiger partial charge >= 0.3 is 5.97 Å². The first-order valence-electron chi connectivity index (χ1n) is 4.87. The number of nitrogens with one attached hydrogen (secondary N) is 1. The summed E-state index contributed by atoms with van der Waals surface area (Å²) in [6.07, 6.45) is 0.744. The lowest BCUT2D eigenvalue weighted by molar-refractivity contribution is 0.0695. The maximum atomic E-state index is 11.0. The van der Waals surface area contributed by atoms with Crippen molar-refractivity contribution >= 4 is 18.4 Å². The number of rotatable bonds is 2. The summed E-state index contributed by atoms with van der Waals surface area (Å²) in [4.78, 5) is 11.0. The quantitative estimate of drug-likeness (QED) is 0.826. The van der Waals surface area contributed by atoms with Gasteiger partial charge in [-0.25, -0.2) is 4.79 Å². The highest BCUT2D eigenvalue weighted by Gasteiger charge is 2.20. The maximum absolute atomic E-state index is 11.0. The van der Waals surface area contributed by atoms with Gasteiger partial charge in [-0.1, -0.05) is 0 Å². The second kappa shape index (κ2) is 5.18. The predicted molar refractivity (Wildman–Crippen MR) is 62.6 cm³/mol. The normalized spacial score (nSPS) is 13.6. The van der Waals surface area contributed by atoms with Gasteiger partial charge in [-0.3, -0.25) is 0 Å². The Labute approximate surface area is 100 Å². The van der Waals surface area contributed by atoms with E-state index in [0.29, 0.717) is 12.1 Å². The van der Waals surface area contributed by atoms with Crippen molar-refractivity contribution in [2.45, 2.75) is 13.0 Å². The van der Waals surface area contributed by atoms with Crippen LogP contribution in [0, 0.1) is 0 Å². The number of benzene rings is 1. The molecule has 0 spiro atoms. The highest BCUT2D eigenvalue weighted by atomic mass is 35.5. The van der Waals surface area contributed by atoms with E-state index in [1.165, 1.54) is 0 Å². The lowest BCUT2D eigenvalue weighted by Crippen LogP contribution is -2.26. The lowest BCUT2D eigenvalue weighted by Gasteiger charge is -2.21. The summed E-state index contributed by atoms with van der Waals surface area (Å²) in [6.45, 7) is 1.50. The van der Waals surface area contributed by atoms with Gasteiger partial charge in [-0.15, -0.1) is 12.4 Å². The standard InChI is InChI=1S/C11H13NO3.ClH/c1-15-10-3-2-8(11(13)14)7-4-5-12-6-9(7)10;/h2-3,12H,4-6H2,1H3,(H,13,14);1H. The number of ether oxygens (including phenoxy) is 1. The van der Waals surface area contributed by atoms with Gasteiger partial charge in [0, 0.05) is 12.1 Å². The van der Waals surface area contributed by atoms with Crippen molar-refractivity contribution in [1.29, 1.82) is 0 Å². The number of hydrogen-bond donors (Lipinski definition) is 2. The Morgan fingerprint density at radius 1 is 1.44 bits per heavy atom. The van der Waals surface area contributed by atoms with Gasteiger partial charge in [-0.05, 0) is 30.7 Å². The second-order valence-corrected chi connectivity index (χ2v) is 3.50. The summed E-state index contributed by atoms with van der Waals surface area (Å²) >= 11 is 0. The predicted octanol–water partition coefficient (Wildman–Crippen LogP) is 1.46. The van der Waals surface area contributed by atoms with Crippen LogP contribution < -0.4 is 10.1 Å². The first-order valence-corrected chi connectivity index (χ1v) is 4.87. The first kappa shape index (κ1) is 12.8. The first-order chi connectivity index (χ1) is 7.24. The third kappa shape index (κ3) is 2.13. The van der Waals surface area contributed by atoms with E-state index in [-0.39, 0.29) is 12.4 Å². The summed E-state index contributed by atoms with van der Waals surface area (Å²) in [7, 11) is 1.60. The number of halogens is 1. The Balaban J connectivity index is 0.00000128. The Hall–Kier alpha value is -1.26. The summed E-state index contributed by atoms with van der Waals surface area (Å²) in [5, 5.41) is 12.3. The molecule has 4 nitrogen and oxygen atoms in total. The van der Waals surface area contributed by atoms with Crippen LogP contribution in [0.15, 0.2) is 12.1 Å². The molecule has 1 aliphatic heterocycles. The molecular weight excluding hydrogens is 230 g/mol. The van der Waals surface area contributed by atoms with Crippen molar-refractivity contribution in [2.75, 3.05) is 13.7 Å². The van der Waals surface area contributed by atoms with Crippen molar-refractivity contribution in [3.63, 3.8) is 0 Å². The van der Waals surface area contributed by atoms with Crippen molar-refractivity contribution in [2.24, 2.45) is 0 Å². The van der Waals surface area contributed by atoms with Crippen LogP contribution in [0.25, 0.3) is 0 Å². The average molecular weight is 244 g/mol. The van der Waals surface area contributed by atoms with Gasteiger partial charge in [0.25, 0.3) is 0 Å². The smallest absolute Gasteiger partial charge is 0.335 e. The van der Waals surface area contributed by atoms with Gasteiger partial charge in [0.2, 0.25) is 0 Å². The molecule has 1 aliphatic rings. The zero-order valence-electron chi connectivity index (χ0n) is 8.95. The van der Waals surface area contributed by atoms with E-state index in [1.807, 2.05) is 0 Å². The summed E-state index contributed by atoms with van der Waals surface area (Å²) < 4.78 is 5.21. The molecular formula is C11H14ClNO3. The Kier molecular flexibility index (Phi) is 4.15.